The van der Waals surface area contributed by atoms with Gasteiger partial charge in [0, 0.05) is 5.41 Å². The van der Waals surface area contributed by atoms with E-state index in [1.165, 1.54) is 19.4 Å². The molecule has 5 aliphatic carbocycles. The first kappa shape index (κ1) is 73.3. The van der Waals surface area contributed by atoms with Crippen molar-refractivity contribution in [2.45, 2.75) is 298 Å². The molecule has 30 nitrogen and oxygen atoms in total. The molecule has 4 unspecified atom stereocenters. The molecule has 0 bridgehead atoms. The lowest BCUT2D eigenvalue weighted by Gasteiger charge is -2.71. The van der Waals surface area contributed by atoms with Gasteiger partial charge in [-0.15, -0.1) is 0 Å². The molecule has 0 aromatic heterocycles. The predicted molar refractivity (Wildman–Crippen MR) is 315 cm³/mol. The van der Waals surface area contributed by atoms with Crippen molar-refractivity contribution in [1.82, 2.24) is 0 Å². The number of aliphatic carboxylic acids is 1. The number of ether oxygens (including phenoxy) is 12. The Morgan fingerprint density at radius 1 is 0.521 bits per heavy atom. The highest BCUT2D eigenvalue weighted by atomic mass is 16.8. The van der Waals surface area contributed by atoms with Crippen molar-refractivity contribution in [2.75, 3.05) is 33.0 Å². The highest BCUT2D eigenvalue weighted by molar-refractivity contribution is 5.76. The molecule has 0 aromatic carbocycles. The highest BCUT2D eigenvalue weighted by Crippen LogP contribution is 2.76. The lowest BCUT2D eigenvalue weighted by Crippen LogP contribution is -2.67. The summed E-state index contributed by atoms with van der Waals surface area (Å²) in [6.07, 6.45) is -39.6. The number of fused-ring (bicyclic) bond motifs is 7. The van der Waals surface area contributed by atoms with E-state index in [-0.39, 0.29) is 52.6 Å². The first-order valence-electron chi connectivity index (χ1n) is 33.5. The molecule has 540 valence electrons. The van der Waals surface area contributed by atoms with E-state index in [1.807, 2.05) is 6.92 Å². The summed E-state index contributed by atoms with van der Waals surface area (Å²) >= 11 is 0. The van der Waals surface area contributed by atoms with Gasteiger partial charge in [-0.2, -0.15) is 0 Å². The van der Waals surface area contributed by atoms with Gasteiger partial charge < -0.3 is 144 Å². The second kappa shape index (κ2) is 27.5. The van der Waals surface area contributed by atoms with E-state index in [4.69, 9.17) is 56.8 Å². The molecule has 11 rings (SSSR count). The van der Waals surface area contributed by atoms with Gasteiger partial charge >= 0.3 is 5.97 Å². The number of hydrogen-bond acceptors (Lipinski definition) is 29. The van der Waals surface area contributed by atoms with Crippen LogP contribution in [0, 0.1) is 50.2 Å². The molecule has 6 heterocycles. The highest BCUT2D eigenvalue weighted by Gasteiger charge is 2.71. The third-order valence-electron chi connectivity index (χ3n) is 25.0. The first-order valence-corrected chi connectivity index (χ1v) is 33.5. The van der Waals surface area contributed by atoms with Crippen LogP contribution in [0.1, 0.15) is 120 Å². The van der Waals surface area contributed by atoms with Crippen LogP contribution in [0.25, 0.3) is 0 Å². The van der Waals surface area contributed by atoms with Crippen molar-refractivity contribution in [2.24, 2.45) is 50.2 Å². The Hall–Kier alpha value is -1.91. The molecule has 11 aliphatic rings. The first-order chi connectivity index (χ1) is 44.1. The van der Waals surface area contributed by atoms with Gasteiger partial charge in [0.15, 0.2) is 37.7 Å². The van der Waals surface area contributed by atoms with Gasteiger partial charge in [0.2, 0.25) is 0 Å². The summed E-state index contributed by atoms with van der Waals surface area (Å²) < 4.78 is 71.6. The van der Waals surface area contributed by atoms with E-state index in [0.717, 1.165) is 38.5 Å². The predicted octanol–water partition coefficient (Wildman–Crippen LogP) is -3.52. The van der Waals surface area contributed by atoms with Crippen LogP contribution in [-0.4, -0.2) is 304 Å². The molecular formula is C64H104O30. The maximum atomic E-state index is 13.3. The fourth-order valence-corrected chi connectivity index (χ4v) is 18.8. The Balaban J connectivity index is 0.761. The number of aliphatic hydroxyl groups excluding tert-OH is 16. The van der Waals surface area contributed by atoms with E-state index in [9.17, 15) is 91.6 Å². The molecule has 6 aliphatic heterocycles. The molecule has 4 saturated carbocycles. The normalized spacial score (nSPS) is 55.3. The average molecular weight is 1350 g/mol. The molecule has 17 N–H and O–H groups in total. The smallest absolute Gasteiger partial charge is 0.310 e. The third-order valence-corrected chi connectivity index (χ3v) is 25.0. The summed E-state index contributed by atoms with van der Waals surface area (Å²) in [6, 6.07) is 0. The summed E-state index contributed by atoms with van der Waals surface area (Å²) in [6.45, 7) is 13.5. The van der Waals surface area contributed by atoms with Crippen LogP contribution in [-0.2, 0) is 61.6 Å². The van der Waals surface area contributed by atoms with E-state index < -0.39 is 215 Å². The van der Waals surface area contributed by atoms with Crippen molar-refractivity contribution >= 4 is 5.97 Å². The maximum Gasteiger partial charge on any atom is 0.310 e. The number of hydrogen-bond donors (Lipinski definition) is 17. The molecule has 0 radical (unpaired) electrons. The Morgan fingerprint density at radius 2 is 1.11 bits per heavy atom. The number of carboxylic acid groups (broad SMARTS) is 1. The quantitative estimate of drug-likeness (QED) is 0.0526. The second-order valence-corrected chi connectivity index (χ2v) is 30.9. The lowest BCUT2D eigenvalue weighted by atomic mass is 9.33. The van der Waals surface area contributed by atoms with Crippen LogP contribution in [0.4, 0.5) is 0 Å². The second-order valence-electron chi connectivity index (χ2n) is 30.9. The Labute approximate surface area is 545 Å². The zero-order valence-corrected chi connectivity index (χ0v) is 54.6. The summed E-state index contributed by atoms with van der Waals surface area (Å²) in [4.78, 5) is 13.3. The van der Waals surface area contributed by atoms with Crippen LogP contribution in [0.2, 0.25) is 0 Å². The minimum atomic E-state index is -2.09. The standard InChI is InChI=1S/C64H104O30/c1-25-36(68)42(74)46(78)52(86-25)84-22-31-40(72)44(76)51(94-54-47(79)43(75)39(71)30(20-65)88-54)57(89-31)90-32-23-85-53(45(77)41(32)73)92-49-37(69)26(2)87-55(48(49)80)93-50-38(70)29(67)21-83-56(50)91-35-12-13-60(5)33(61(35,6)24-66)11-14-63(8)34(60)10-9-27-28-19-59(3,4)15-17-64(28,58(81)82)18-16-62(27,63)7/h9,25-26,28-57,65-80H,10-24H2,1-8H3,(H,81,82)/t25-,26-,28?,29+,30+,31-,32-,33?,34?,35+,36+,37-,38-,39+,40-,41-,42-,43+,44-,45-,46-,47+,48-,49-,50-,51-,52-,53+,54-,55+,56+,57+,60+,61-,62?,63-,64+/m1/s1. The van der Waals surface area contributed by atoms with E-state index in [0.29, 0.717) is 25.7 Å². The largest absolute Gasteiger partial charge is 0.481 e. The molecule has 0 amide bonds. The summed E-state index contributed by atoms with van der Waals surface area (Å²) in [5.41, 5.74) is -1.05. The maximum absolute atomic E-state index is 13.3. The van der Waals surface area contributed by atoms with Gasteiger partial charge in [0.1, 0.15) is 122 Å². The summed E-state index contributed by atoms with van der Waals surface area (Å²) in [5, 5.41) is 188. The number of carbonyl (C=O) groups is 1. The Morgan fingerprint density at radius 3 is 1.79 bits per heavy atom. The SMILES string of the molecule is C[C@H]1O[C@@H](OC[C@H]2O[C@@H](O[C@@H]3CO[C@@H](O[C@H]4[C@@H](O)[C@H](O[C@H]5[C@H](O[C@H]6CC[C@@]7(C)C(CC[C@]8(C)C7CC=C7C9CC(C)(C)CC[C@]9(C(=O)O)CCC78C)[C@@]6(C)CO)OC[C@H](O)[C@H]5O)O[C@H](C)[C@H]4O)[C@H](O)[C@@H]3O)[C@H](O[C@H]3O[C@@H](CO)[C@H](O)[C@H](O)[C@@H]3O)[C@H](O)[C@@H]2O)[C@H](O)[C@H](O)[C@H]1O. The van der Waals surface area contributed by atoms with Gasteiger partial charge in [0.25, 0.3) is 0 Å². The molecule has 30 heteroatoms. The number of rotatable bonds is 16. The van der Waals surface area contributed by atoms with Crippen molar-refractivity contribution in [1.29, 1.82) is 0 Å². The zero-order valence-electron chi connectivity index (χ0n) is 54.6. The van der Waals surface area contributed by atoms with Crippen molar-refractivity contribution in [3.8, 4) is 0 Å². The average Bonchev–Trinajstić information content (AvgIpc) is 0.676. The number of allylic oxidation sites excluding steroid dienone is 2. The van der Waals surface area contributed by atoms with E-state index in [2.05, 4.69) is 40.7 Å². The zero-order chi connectivity index (χ0) is 68.4. The fourth-order valence-electron chi connectivity index (χ4n) is 18.8. The minimum absolute atomic E-state index is 0.0110. The molecule has 10 fully saturated rings. The Bertz CT molecular complexity index is 2640. The molecular weight excluding hydrogens is 1250 g/mol. The van der Waals surface area contributed by atoms with Crippen molar-refractivity contribution in [3.63, 3.8) is 0 Å². The monoisotopic (exact) mass is 1350 g/mol. The minimum Gasteiger partial charge on any atom is -0.481 e. The van der Waals surface area contributed by atoms with Crippen LogP contribution in [0.15, 0.2) is 11.6 Å². The summed E-state index contributed by atoms with van der Waals surface area (Å²) in [5.74, 6) is -0.626. The van der Waals surface area contributed by atoms with Crippen LogP contribution < -0.4 is 0 Å². The van der Waals surface area contributed by atoms with Crippen LogP contribution in [0.5, 0.6) is 0 Å². The fraction of sp³-hybridized carbons (Fsp3) is 0.953. The molecule has 6 saturated heterocycles. The molecule has 37 atom stereocenters. The topological polar surface area (TPSA) is 472 Å². The molecule has 0 spiro atoms. The van der Waals surface area contributed by atoms with Gasteiger partial charge in [-0.05, 0) is 117 Å². The van der Waals surface area contributed by atoms with Crippen molar-refractivity contribution < 1.29 is 148 Å². The Kier molecular flexibility index (Phi) is 21.4. The number of aliphatic hydroxyl groups is 16. The third kappa shape index (κ3) is 12.5. The van der Waals surface area contributed by atoms with E-state index >= 15 is 0 Å². The van der Waals surface area contributed by atoms with Crippen LogP contribution >= 0.6 is 0 Å². The van der Waals surface area contributed by atoms with Gasteiger partial charge in [-0.25, -0.2) is 0 Å². The van der Waals surface area contributed by atoms with Crippen LogP contribution in [0.3, 0.4) is 0 Å². The number of carboxylic acids is 1. The lowest BCUT2D eigenvalue weighted by molar-refractivity contribution is -0.393. The van der Waals surface area contributed by atoms with Gasteiger partial charge in [-0.1, -0.05) is 53.2 Å². The molecule has 94 heavy (non-hydrogen) atoms. The van der Waals surface area contributed by atoms with Gasteiger partial charge in [-0.3, -0.25) is 4.79 Å². The van der Waals surface area contributed by atoms with Gasteiger partial charge in [0.05, 0.1) is 56.8 Å². The molecule has 0 aromatic rings. The summed E-state index contributed by atoms with van der Waals surface area (Å²) in [7, 11) is 0. The van der Waals surface area contributed by atoms with Crippen molar-refractivity contribution in [3.05, 3.63) is 11.6 Å². The van der Waals surface area contributed by atoms with E-state index in [1.54, 1.807) is 0 Å².